The van der Waals surface area contributed by atoms with Gasteiger partial charge in [-0.05, 0) is 44.5 Å². The lowest BCUT2D eigenvalue weighted by Gasteiger charge is -2.25. The number of hydrogen-bond donors (Lipinski definition) is 2. The summed E-state index contributed by atoms with van der Waals surface area (Å²) in [4.78, 5) is 26.1. The summed E-state index contributed by atoms with van der Waals surface area (Å²) in [5, 5.41) is 5.24. The van der Waals surface area contributed by atoms with E-state index < -0.39 is 18.7 Å². The molecule has 1 aliphatic rings. The lowest BCUT2D eigenvalue weighted by Crippen LogP contribution is -2.50. The van der Waals surface area contributed by atoms with Crippen molar-refractivity contribution in [3.8, 4) is 5.75 Å². The summed E-state index contributed by atoms with van der Waals surface area (Å²) in [6.07, 6.45) is 5.28. The van der Waals surface area contributed by atoms with Gasteiger partial charge < -0.3 is 10.1 Å². The maximum atomic E-state index is 12.3. The maximum Gasteiger partial charge on any atom is 0.387 e. The number of carbonyl (C=O) groups excluding carboxylic acids is 2. The van der Waals surface area contributed by atoms with Crippen molar-refractivity contribution in [3.63, 3.8) is 0 Å². The summed E-state index contributed by atoms with van der Waals surface area (Å²) < 4.78 is 28.7. The molecule has 150 valence electrons. The van der Waals surface area contributed by atoms with E-state index in [2.05, 4.69) is 15.4 Å². The molecule has 0 bridgehead atoms. The lowest BCUT2D eigenvalue weighted by atomic mass is 9.96. The van der Waals surface area contributed by atoms with Gasteiger partial charge >= 0.3 is 12.6 Å². The molecule has 2 N–H and O–H groups in total. The Bertz CT molecular complexity index is 619. The smallest absolute Gasteiger partial charge is 0.387 e. The highest BCUT2D eigenvalue weighted by Crippen LogP contribution is 2.18. The van der Waals surface area contributed by atoms with E-state index in [0.29, 0.717) is 6.54 Å². The predicted octanol–water partition coefficient (Wildman–Crippen LogP) is 3.27. The number of benzene rings is 1. The molecule has 1 aromatic rings. The summed E-state index contributed by atoms with van der Waals surface area (Å²) in [6.45, 7) is -0.729. The van der Waals surface area contributed by atoms with Gasteiger partial charge in [-0.3, -0.25) is 15.0 Å². The van der Waals surface area contributed by atoms with Crippen LogP contribution in [-0.2, 0) is 11.3 Å². The lowest BCUT2D eigenvalue weighted by molar-refractivity contribution is -0.124. The highest BCUT2D eigenvalue weighted by Gasteiger charge is 2.22. The van der Waals surface area contributed by atoms with E-state index in [4.69, 9.17) is 0 Å². The van der Waals surface area contributed by atoms with Gasteiger partial charge in [-0.2, -0.15) is 8.78 Å². The Labute approximate surface area is 158 Å². The van der Waals surface area contributed by atoms with Crippen LogP contribution in [-0.4, -0.2) is 42.6 Å². The third-order valence-electron chi connectivity index (χ3n) is 4.80. The molecular weight excluding hydrogens is 356 g/mol. The van der Waals surface area contributed by atoms with Crippen LogP contribution in [0.4, 0.5) is 13.6 Å². The molecule has 8 heteroatoms. The molecule has 2 rings (SSSR count). The van der Waals surface area contributed by atoms with Crippen LogP contribution in [0.25, 0.3) is 0 Å². The third-order valence-corrected chi connectivity index (χ3v) is 4.80. The Morgan fingerprint density at radius 1 is 1.19 bits per heavy atom. The Kier molecular flexibility index (Phi) is 7.97. The van der Waals surface area contributed by atoms with Crippen molar-refractivity contribution >= 4 is 11.9 Å². The number of carbonyl (C=O) groups is 2. The van der Waals surface area contributed by atoms with E-state index >= 15 is 0 Å². The van der Waals surface area contributed by atoms with Crippen LogP contribution in [0.15, 0.2) is 24.3 Å². The number of nitrogens with one attached hydrogen (secondary N) is 2. The maximum absolute atomic E-state index is 12.3. The average molecular weight is 383 g/mol. The van der Waals surface area contributed by atoms with Gasteiger partial charge in [-0.25, -0.2) is 4.79 Å². The normalized spacial score (nSPS) is 16.2. The fraction of sp³-hybridized carbons (Fsp3) is 0.579. The van der Waals surface area contributed by atoms with E-state index in [1.54, 1.807) is 31.0 Å². The first kappa shape index (κ1) is 21.1. The van der Waals surface area contributed by atoms with Gasteiger partial charge in [0.1, 0.15) is 5.75 Å². The summed E-state index contributed by atoms with van der Waals surface area (Å²) in [6, 6.07) is 5.38. The predicted molar refractivity (Wildman–Crippen MR) is 97.6 cm³/mol. The fourth-order valence-electron chi connectivity index (χ4n) is 3.09. The second-order valence-corrected chi connectivity index (χ2v) is 6.91. The molecule has 1 atom stereocenters. The first-order valence-corrected chi connectivity index (χ1v) is 9.20. The number of hydrogen-bond acceptors (Lipinski definition) is 4. The first-order chi connectivity index (χ1) is 12.8. The number of urea groups is 1. The molecule has 0 heterocycles. The van der Waals surface area contributed by atoms with E-state index in [1.807, 2.05) is 0 Å². The van der Waals surface area contributed by atoms with Crippen molar-refractivity contribution in [2.45, 2.75) is 64.3 Å². The number of likely N-dealkylation sites (N-methyl/N-ethyl adjacent to an activating group) is 1. The zero-order chi connectivity index (χ0) is 19.8. The van der Waals surface area contributed by atoms with Crippen LogP contribution in [0.3, 0.4) is 0 Å². The monoisotopic (exact) mass is 383 g/mol. The van der Waals surface area contributed by atoms with Gasteiger partial charge in [-0.1, -0.05) is 31.4 Å². The highest BCUT2D eigenvalue weighted by atomic mass is 19.3. The van der Waals surface area contributed by atoms with Crippen molar-refractivity contribution < 1.29 is 23.1 Å². The number of imide groups is 1. The topological polar surface area (TPSA) is 70.7 Å². The molecule has 6 nitrogen and oxygen atoms in total. The van der Waals surface area contributed by atoms with Crippen molar-refractivity contribution in [1.82, 2.24) is 15.5 Å². The van der Waals surface area contributed by atoms with Gasteiger partial charge in [0.25, 0.3) is 0 Å². The van der Waals surface area contributed by atoms with Crippen LogP contribution >= 0.6 is 0 Å². The number of halogens is 2. The molecule has 27 heavy (non-hydrogen) atoms. The van der Waals surface area contributed by atoms with Crippen LogP contribution in [0.2, 0.25) is 0 Å². The van der Waals surface area contributed by atoms with Crippen LogP contribution < -0.4 is 15.4 Å². The number of ether oxygens (including phenoxy) is 1. The van der Waals surface area contributed by atoms with Gasteiger partial charge in [-0.15, -0.1) is 0 Å². The van der Waals surface area contributed by atoms with Crippen molar-refractivity contribution in [2.24, 2.45) is 0 Å². The molecule has 0 spiro atoms. The molecule has 1 aromatic carbocycles. The van der Waals surface area contributed by atoms with E-state index in [0.717, 1.165) is 31.2 Å². The number of alkyl halides is 2. The van der Waals surface area contributed by atoms with Crippen molar-refractivity contribution in [1.29, 1.82) is 0 Å². The minimum atomic E-state index is -2.86. The zero-order valence-electron chi connectivity index (χ0n) is 15.7. The zero-order valence-corrected chi connectivity index (χ0v) is 15.7. The first-order valence-electron chi connectivity index (χ1n) is 9.20. The van der Waals surface area contributed by atoms with Gasteiger partial charge in [0.05, 0.1) is 6.04 Å². The Hall–Kier alpha value is -2.22. The van der Waals surface area contributed by atoms with Gasteiger partial charge in [0, 0.05) is 12.6 Å². The van der Waals surface area contributed by atoms with Crippen molar-refractivity contribution in [2.75, 3.05) is 7.05 Å². The van der Waals surface area contributed by atoms with Gasteiger partial charge in [0.15, 0.2) is 0 Å². The number of amides is 3. The molecule has 0 radical (unpaired) electrons. The summed E-state index contributed by atoms with van der Waals surface area (Å²) >= 11 is 0. The third kappa shape index (κ3) is 7.13. The molecule has 1 saturated carbocycles. The fourth-order valence-corrected chi connectivity index (χ4v) is 3.09. The molecule has 0 saturated heterocycles. The summed E-state index contributed by atoms with van der Waals surface area (Å²) in [5.74, 6) is -0.301. The van der Waals surface area contributed by atoms with Gasteiger partial charge in [0.2, 0.25) is 5.91 Å². The SMILES string of the molecule is C[C@H](C(=O)NC(=O)NC1CCCCC1)N(C)Cc1ccc(OC(F)F)cc1. The number of nitrogens with zero attached hydrogens (tertiary/aromatic N) is 1. The Morgan fingerprint density at radius 3 is 2.41 bits per heavy atom. The average Bonchev–Trinajstić information content (AvgIpc) is 2.63. The molecular formula is C19H27F2N3O3. The summed E-state index contributed by atoms with van der Waals surface area (Å²) in [5.41, 5.74) is 0.838. The minimum absolute atomic E-state index is 0.0848. The van der Waals surface area contributed by atoms with E-state index in [1.165, 1.54) is 18.6 Å². The van der Waals surface area contributed by atoms with E-state index in [-0.39, 0.29) is 17.7 Å². The Morgan fingerprint density at radius 2 is 1.81 bits per heavy atom. The molecule has 0 aromatic heterocycles. The number of rotatable bonds is 7. The second kappa shape index (κ2) is 10.2. The molecule has 1 aliphatic carbocycles. The quantitative estimate of drug-likeness (QED) is 0.758. The van der Waals surface area contributed by atoms with Crippen LogP contribution in [0.5, 0.6) is 5.75 Å². The second-order valence-electron chi connectivity index (χ2n) is 6.91. The molecule has 3 amide bonds. The van der Waals surface area contributed by atoms with E-state index in [9.17, 15) is 18.4 Å². The summed E-state index contributed by atoms with van der Waals surface area (Å²) in [7, 11) is 1.76. The molecule has 0 unspecified atom stereocenters. The minimum Gasteiger partial charge on any atom is -0.435 e. The molecule has 1 fully saturated rings. The standard InChI is InChI=1S/C19H27F2N3O3/c1-13(17(25)23-19(26)22-15-6-4-3-5-7-15)24(2)12-14-8-10-16(11-9-14)27-18(20)21/h8-11,13,15,18H,3-7,12H2,1-2H3,(H2,22,23,25,26)/t13-/m1/s1. The highest BCUT2D eigenvalue weighted by molar-refractivity contribution is 5.96. The molecule has 0 aliphatic heterocycles. The Balaban J connectivity index is 1.79. The van der Waals surface area contributed by atoms with Crippen LogP contribution in [0.1, 0.15) is 44.6 Å². The van der Waals surface area contributed by atoms with Crippen LogP contribution in [0, 0.1) is 0 Å². The van der Waals surface area contributed by atoms with Crippen molar-refractivity contribution in [3.05, 3.63) is 29.8 Å². The largest absolute Gasteiger partial charge is 0.435 e.